The first-order valence-corrected chi connectivity index (χ1v) is 6.00. The molecule has 6 heteroatoms. The topological polar surface area (TPSA) is 91.3 Å². The van der Waals surface area contributed by atoms with Gasteiger partial charge in [0.1, 0.15) is 0 Å². The molecule has 0 spiro atoms. The molecule has 0 saturated heterocycles. The van der Waals surface area contributed by atoms with Gasteiger partial charge in [-0.25, -0.2) is 4.79 Å². The normalized spacial score (nSPS) is 12.6. The Labute approximate surface area is 112 Å². The van der Waals surface area contributed by atoms with Gasteiger partial charge < -0.3 is 15.7 Å². The standard InChI is InChI=1S/C13H19N3O3/c1-9(10-5-4-6-14-8-10)15-12(19)16-13(2,3)7-11(17)18/h4-6,8-9H,7H2,1-3H3,(H,17,18)(H2,15,16,19). The van der Waals surface area contributed by atoms with Crippen LogP contribution in [0.25, 0.3) is 0 Å². The summed E-state index contributed by atoms with van der Waals surface area (Å²) in [4.78, 5) is 26.4. The summed E-state index contributed by atoms with van der Waals surface area (Å²) >= 11 is 0. The van der Waals surface area contributed by atoms with E-state index in [1.165, 1.54) is 0 Å². The monoisotopic (exact) mass is 265 g/mol. The van der Waals surface area contributed by atoms with E-state index in [-0.39, 0.29) is 12.5 Å². The molecule has 19 heavy (non-hydrogen) atoms. The van der Waals surface area contributed by atoms with Crippen molar-refractivity contribution in [1.82, 2.24) is 15.6 Å². The molecular weight excluding hydrogens is 246 g/mol. The van der Waals surface area contributed by atoms with Crippen molar-refractivity contribution in [2.75, 3.05) is 0 Å². The van der Waals surface area contributed by atoms with E-state index in [9.17, 15) is 9.59 Å². The molecule has 0 aliphatic carbocycles. The number of hydrogen-bond acceptors (Lipinski definition) is 3. The summed E-state index contributed by atoms with van der Waals surface area (Å²) < 4.78 is 0. The first-order valence-electron chi connectivity index (χ1n) is 6.00. The zero-order valence-corrected chi connectivity index (χ0v) is 11.3. The molecule has 0 aromatic carbocycles. The van der Waals surface area contributed by atoms with Gasteiger partial charge in [0.2, 0.25) is 0 Å². The van der Waals surface area contributed by atoms with Crippen LogP contribution in [-0.2, 0) is 4.79 Å². The Morgan fingerprint density at radius 2 is 2.16 bits per heavy atom. The van der Waals surface area contributed by atoms with Crippen LogP contribution in [0.4, 0.5) is 4.79 Å². The summed E-state index contributed by atoms with van der Waals surface area (Å²) in [7, 11) is 0. The number of carbonyl (C=O) groups excluding carboxylic acids is 1. The first-order chi connectivity index (χ1) is 8.80. The average molecular weight is 265 g/mol. The summed E-state index contributed by atoms with van der Waals surface area (Å²) in [5, 5.41) is 14.1. The number of aliphatic carboxylic acids is 1. The Balaban J connectivity index is 2.54. The molecule has 2 amide bonds. The third kappa shape index (κ3) is 5.37. The maximum atomic E-state index is 11.8. The highest BCUT2D eigenvalue weighted by molar-refractivity contribution is 5.76. The smallest absolute Gasteiger partial charge is 0.315 e. The highest BCUT2D eigenvalue weighted by atomic mass is 16.4. The third-order valence-corrected chi connectivity index (χ3v) is 2.58. The van der Waals surface area contributed by atoms with Crippen LogP contribution in [0.5, 0.6) is 0 Å². The molecule has 6 nitrogen and oxygen atoms in total. The number of urea groups is 1. The van der Waals surface area contributed by atoms with E-state index in [0.717, 1.165) is 5.56 Å². The van der Waals surface area contributed by atoms with E-state index in [2.05, 4.69) is 15.6 Å². The van der Waals surface area contributed by atoms with Crippen LogP contribution in [0.3, 0.4) is 0 Å². The van der Waals surface area contributed by atoms with E-state index in [1.807, 2.05) is 13.0 Å². The van der Waals surface area contributed by atoms with E-state index in [1.54, 1.807) is 32.3 Å². The number of carboxylic acid groups (broad SMARTS) is 1. The van der Waals surface area contributed by atoms with Crippen LogP contribution in [-0.4, -0.2) is 27.6 Å². The quantitative estimate of drug-likeness (QED) is 0.755. The molecule has 1 unspecified atom stereocenters. The summed E-state index contributed by atoms with van der Waals surface area (Å²) in [5.41, 5.74) is 0.0820. The molecule has 1 rings (SSSR count). The van der Waals surface area contributed by atoms with Gasteiger partial charge in [0.25, 0.3) is 0 Å². The molecule has 0 radical (unpaired) electrons. The second-order valence-corrected chi connectivity index (χ2v) is 5.06. The summed E-state index contributed by atoms with van der Waals surface area (Å²) in [6, 6.07) is 3.05. The van der Waals surface area contributed by atoms with Gasteiger partial charge in [0.15, 0.2) is 0 Å². The number of rotatable bonds is 5. The molecule has 1 aromatic heterocycles. The van der Waals surface area contributed by atoms with Crippen molar-refractivity contribution in [1.29, 1.82) is 0 Å². The van der Waals surface area contributed by atoms with Gasteiger partial charge >= 0.3 is 12.0 Å². The highest BCUT2D eigenvalue weighted by Gasteiger charge is 2.24. The van der Waals surface area contributed by atoms with Crippen molar-refractivity contribution < 1.29 is 14.7 Å². The number of nitrogens with one attached hydrogen (secondary N) is 2. The summed E-state index contributed by atoms with van der Waals surface area (Å²) in [6.45, 7) is 5.16. The predicted octanol–water partition coefficient (Wildman–Crippen LogP) is 1.70. The fraction of sp³-hybridized carbons (Fsp3) is 0.462. The van der Waals surface area contributed by atoms with Crippen LogP contribution >= 0.6 is 0 Å². The van der Waals surface area contributed by atoms with Gasteiger partial charge in [-0.2, -0.15) is 0 Å². The van der Waals surface area contributed by atoms with Crippen LogP contribution in [0.1, 0.15) is 38.8 Å². The molecule has 104 valence electrons. The minimum absolute atomic E-state index is 0.137. The molecule has 0 saturated carbocycles. The molecule has 0 aliphatic heterocycles. The van der Waals surface area contributed by atoms with Crippen molar-refractivity contribution >= 4 is 12.0 Å². The van der Waals surface area contributed by atoms with Crippen LogP contribution < -0.4 is 10.6 Å². The van der Waals surface area contributed by atoms with Gasteiger partial charge in [0, 0.05) is 17.9 Å². The Morgan fingerprint density at radius 3 is 2.68 bits per heavy atom. The highest BCUT2D eigenvalue weighted by Crippen LogP contribution is 2.11. The third-order valence-electron chi connectivity index (χ3n) is 2.58. The molecule has 1 atom stereocenters. The Hall–Kier alpha value is -2.11. The number of nitrogens with zero attached hydrogens (tertiary/aromatic N) is 1. The summed E-state index contributed by atoms with van der Waals surface area (Å²) in [5.74, 6) is -0.953. The second kappa shape index (κ2) is 6.17. The molecule has 0 aliphatic rings. The molecule has 0 bridgehead atoms. The molecule has 1 heterocycles. The maximum Gasteiger partial charge on any atom is 0.315 e. The average Bonchev–Trinajstić information content (AvgIpc) is 2.27. The number of carboxylic acids is 1. The Morgan fingerprint density at radius 1 is 1.47 bits per heavy atom. The van der Waals surface area contributed by atoms with Crippen molar-refractivity contribution in [3.63, 3.8) is 0 Å². The van der Waals surface area contributed by atoms with Gasteiger partial charge in [-0.1, -0.05) is 6.07 Å². The number of hydrogen-bond donors (Lipinski definition) is 3. The van der Waals surface area contributed by atoms with Gasteiger partial charge in [-0.3, -0.25) is 9.78 Å². The Kier molecular flexibility index (Phi) is 4.86. The van der Waals surface area contributed by atoms with Crippen molar-refractivity contribution in [2.45, 2.75) is 38.8 Å². The fourth-order valence-corrected chi connectivity index (χ4v) is 1.68. The lowest BCUT2D eigenvalue weighted by Gasteiger charge is -2.25. The number of pyridine rings is 1. The van der Waals surface area contributed by atoms with E-state index < -0.39 is 17.5 Å². The van der Waals surface area contributed by atoms with Crippen molar-refractivity contribution in [2.24, 2.45) is 0 Å². The van der Waals surface area contributed by atoms with Crippen LogP contribution in [0.15, 0.2) is 24.5 Å². The number of amides is 2. The second-order valence-electron chi connectivity index (χ2n) is 5.06. The molecule has 0 fully saturated rings. The lowest BCUT2D eigenvalue weighted by Crippen LogP contribution is -2.49. The van der Waals surface area contributed by atoms with E-state index in [4.69, 9.17) is 5.11 Å². The summed E-state index contributed by atoms with van der Waals surface area (Å²) in [6.07, 6.45) is 3.20. The molecule has 3 N–H and O–H groups in total. The van der Waals surface area contributed by atoms with Crippen molar-refractivity contribution in [3.05, 3.63) is 30.1 Å². The first kappa shape index (κ1) is 14.9. The Bertz CT molecular complexity index is 446. The largest absolute Gasteiger partial charge is 0.481 e. The van der Waals surface area contributed by atoms with E-state index in [0.29, 0.717) is 0 Å². The maximum absolute atomic E-state index is 11.8. The minimum atomic E-state index is -0.953. The lowest BCUT2D eigenvalue weighted by molar-refractivity contribution is -0.138. The number of carbonyl (C=O) groups is 2. The van der Waals surface area contributed by atoms with E-state index >= 15 is 0 Å². The molecule has 1 aromatic rings. The van der Waals surface area contributed by atoms with Crippen LogP contribution in [0, 0.1) is 0 Å². The molecular formula is C13H19N3O3. The van der Waals surface area contributed by atoms with Gasteiger partial charge in [0.05, 0.1) is 12.5 Å². The predicted molar refractivity (Wildman–Crippen MR) is 70.7 cm³/mol. The lowest BCUT2D eigenvalue weighted by atomic mass is 10.0. The number of aromatic nitrogens is 1. The SMILES string of the molecule is CC(NC(=O)NC(C)(C)CC(=O)O)c1cccnc1. The zero-order chi connectivity index (χ0) is 14.5. The minimum Gasteiger partial charge on any atom is -0.481 e. The van der Waals surface area contributed by atoms with Gasteiger partial charge in [-0.05, 0) is 32.4 Å². The fourth-order valence-electron chi connectivity index (χ4n) is 1.68. The zero-order valence-electron chi connectivity index (χ0n) is 11.3. The van der Waals surface area contributed by atoms with Crippen molar-refractivity contribution in [3.8, 4) is 0 Å². The van der Waals surface area contributed by atoms with Gasteiger partial charge in [-0.15, -0.1) is 0 Å². The van der Waals surface area contributed by atoms with Crippen LogP contribution in [0.2, 0.25) is 0 Å².